The molecule has 1 aliphatic heterocycles. The normalized spacial score (nSPS) is 25.1. The summed E-state index contributed by atoms with van der Waals surface area (Å²) < 4.78 is 6.87. The number of halogens is 1. The van der Waals surface area contributed by atoms with Crippen molar-refractivity contribution in [3.63, 3.8) is 0 Å². The van der Waals surface area contributed by atoms with Gasteiger partial charge in [0.15, 0.2) is 0 Å². The van der Waals surface area contributed by atoms with Crippen molar-refractivity contribution in [3.8, 4) is 0 Å². The summed E-state index contributed by atoms with van der Waals surface area (Å²) in [4.78, 5) is 41.2. The Morgan fingerprint density at radius 3 is 2.56 bits per heavy atom. The lowest BCUT2D eigenvalue weighted by Crippen LogP contribution is -2.59. The van der Waals surface area contributed by atoms with Gasteiger partial charge in [-0.1, -0.05) is 36.7 Å². The van der Waals surface area contributed by atoms with Gasteiger partial charge < -0.3 is 14.7 Å². The average molecular weight is 552 g/mol. The van der Waals surface area contributed by atoms with Gasteiger partial charge in [-0.15, -0.1) is 0 Å². The van der Waals surface area contributed by atoms with Crippen LogP contribution in [0.3, 0.4) is 0 Å². The number of fused-ring (bicyclic) bond motifs is 1. The molecule has 1 amide bonds. The lowest BCUT2D eigenvalue weighted by atomic mass is 9.72. The molecule has 3 aliphatic carbocycles. The maximum Gasteiger partial charge on any atom is 0.306 e. The number of carboxylic acids is 1. The highest BCUT2D eigenvalue weighted by Crippen LogP contribution is 2.45. The van der Waals surface area contributed by atoms with E-state index in [2.05, 4.69) is 0 Å². The Hall–Kier alpha value is -2.97. The number of allylic oxidation sites excluding steroid dienone is 2. The first kappa shape index (κ1) is 26.3. The van der Waals surface area contributed by atoms with Gasteiger partial charge in [-0.2, -0.15) is 9.78 Å². The number of rotatable bonds is 6. The van der Waals surface area contributed by atoms with Gasteiger partial charge in [-0.05, 0) is 68.1 Å². The van der Waals surface area contributed by atoms with E-state index in [0.717, 1.165) is 40.9 Å². The molecule has 4 aliphatic rings. The minimum atomic E-state index is -0.782. The number of likely N-dealkylation sites (tertiary alicyclic amines) is 1. The molecule has 1 aromatic heterocycles. The molecule has 2 atom stereocenters. The summed E-state index contributed by atoms with van der Waals surface area (Å²) in [5.41, 5.74) is 4.30. The predicted octanol–water partition coefficient (Wildman–Crippen LogP) is 4.72. The van der Waals surface area contributed by atoms with Crippen molar-refractivity contribution < 1.29 is 24.2 Å². The van der Waals surface area contributed by atoms with Crippen molar-refractivity contribution in [2.75, 3.05) is 20.2 Å². The van der Waals surface area contributed by atoms with Gasteiger partial charge in [0.2, 0.25) is 5.91 Å². The minimum Gasteiger partial charge on any atom is -0.481 e. The summed E-state index contributed by atoms with van der Waals surface area (Å²) in [6.07, 6.45) is 7.37. The third-order valence-electron chi connectivity index (χ3n) is 9.09. The van der Waals surface area contributed by atoms with Crippen LogP contribution in [0.5, 0.6) is 0 Å². The predicted molar refractivity (Wildman–Crippen MR) is 146 cm³/mol. The van der Waals surface area contributed by atoms with Crippen LogP contribution in [0.1, 0.15) is 84.2 Å². The standard InChI is InChI=1S/C30H34ClN3O5/c1-30(29(38)33-15-20(16-33)39-2)13-12-22-24(14-30)34(32-26(22)18-8-10-19(11-9-18)28(36)37)27(35)25-21(17-6-7-17)4-3-5-23(25)31/h3-5,8,17,19-20H,6-7,9-16H2,1-2H3,(H,36,37). The van der Waals surface area contributed by atoms with Gasteiger partial charge in [-0.25, -0.2) is 0 Å². The molecule has 9 heteroatoms. The first-order chi connectivity index (χ1) is 18.7. The fourth-order valence-corrected chi connectivity index (χ4v) is 6.67. The Bertz CT molecular complexity index is 1390. The van der Waals surface area contributed by atoms with E-state index in [-0.39, 0.29) is 17.9 Å². The van der Waals surface area contributed by atoms with E-state index in [1.54, 1.807) is 13.2 Å². The number of ether oxygens (including phenoxy) is 1. The number of hydrogen-bond donors (Lipinski definition) is 1. The summed E-state index contributed by atoms with van der Waals surface area (Å²) in [6, 6.07) is 5.61. The minimum absolute atomic E-state index is 0.0735. The van der Waals surface area contributed by atoms with Crippen LogP contribution in [-0.2, 0) is 27.2 Å². The molecule has 1 saturated carbocycles. The highest BCUT2D eigenvalue weighted by atomic mass is 35.5. The van der Waals surface area contributed by atoms with Crippen LogP contribution in [0.15, 0.2) is 24.3 Å². The summed E-state index contributed by atoms with van der Waals surface area (Å²) in [5, 5.41) is 14.8. The van der Waals surface area contributed by atoms with Crippen molar-refractivity contribution >= 4 is 35.0 Å². The summed E-state index contributed by atoms with van der Waals surface area (Å²) in [7, 11) is 1.66. The third-order valence-corrected chi connectivity index (χ3v) is 9.41. The number of carbonyl (C=O) groups is 3. The molecule has 0 spiro atoms. The maximum absolute atomic E-state index is 14.2. The number of aromatic nitrogens is 2. The highest BCUT2D eigenvalue weighted by Gasteiger charge is 2.46. The quantitative estimate of drug-likeness (QED) is 0.557. The SMILES string of the molecule is COC1CN(C(=O)C2(C)CCc3c(C4=CCC(C(=O)O)CC4)nn(C(=O)c4c(Cl)cccc4C4CC4)c3C2)C1. The molecule has 6 rings (SSSR count). The molecule has 2 aromatic rings. The van der Waals surface area contributed by atoms with Gasteiger partial charge in [0.25, 0.3) is 5.91 Å². The molecule has 0 bridgehead atoms. The molecular formula is C30H34ClN3O5. The van der Waals surface area contributed by atoms with Crippen LogP contribution in [0.2, 0.25) is 5.02 Å². The topological polar surface area (TPSA) is 102 Å². The first-order valence-corrected chi connectivity index (χ1v) is 14.3. The number of hydrogen-bond acceptors (Lipinski definition) is 5. The third kappa shape index (κ3) is 4.61. The Kier molecular flexibility index (Phi) is 6.66. The number of amides is 1. The van der Waals surface area contributed by atoms with E-state index in [9.17, 15) is 19.5 Å². The lowest BCUT2D eigenvalue weighted by molar-refractivity contribution is -0.154. The molecule has 8 nitrogen and oxygen atoms in total. The number of carboxylic acid groups (broad SMARTS) is 1. The van der Waals surface area contributed by atoms with E-state index in [1.165, 1.54) is 4.68 Å². The zero-order chi connectivity index (χ0) is 27.5. The Morgan fingerprint density at radius 1 is 1.15 bits per heavy atom. The summed E-state index contributed by atoms with van der Waals surface area (Å²) in [5.74, 6) is -1.03. The van der Waals surface area contributed by atoms with Crippen molar-refractivity contribution in [3.05, 3.63) is 57.4 Å². The average Bonchev–Trinajstić information content (AvgIpc) is 3.68. The molecule has 1 N–H and O–H groups in total. The Morgan fingerprint density at radius 2 is 1.92 bits per heavy atom. The second-order valence-electron chi connectivity index (χ2n) is 11.8. The fraction of sp³-hybridized carbons (Fsp3) is 0.533. The Balaban J connectivity index is 1.40. The van der Waals surface area contributed by atoms with Crippen LogP contribution in [0, 0.1) is 11.3 Å². The monoisotopic (exact) mass is 551 g/mol. The van der Waals surface area contributed by atoms with Crippen molar-refractivity contribution in [2.45, 2.75) is 70.3 Å². The van der Waals surface area contributed by atoms with E-state index >= 15 is 0 Å². The zero-order valence-corrected chi connectivity index (χ0v) is 23.2. The molecule has 0 radical (unpaired) electrons. The molecule has 2 heterocycles. The number of nitrogens with zero attached hydrogens (tertiary/aromatic N) is 3. The van der Waals surface area contributed by atoms with Gasteiger partial charge in [0, 0.05) is 32.2 Å². The fourth-order valence-electron chi connectivity index (χ4n) is 6.41. The second kappa shape index (κ2) is 9.89. The second-order valence-corrected chi connectivity index (χ2v) is 12.2. The van der Waals surface area contributed by atoms with E-state index in [1.807, 2.05) is 30.0 Å². The van der Waals surface area contributed by atoms with E-state index in [0.29, 0.717) is 68.1 Å². The highest BCUT2D eigenvalue weighted by molar-refractivity contribution is 6.34. The number of methoxy groups -OCH3 is 1. The number of aliphatic carboxylic acids is 1. The van der Waals surface area contributed by atoms with Crippen molar-refractivity contribution in [1.29, 1.82) is 0 Å². The van der Waals surface area contributed by atoms with Gasteiger partial charge in [0.05, 0.1) is 39.4 Å². The van der Waals surface area contributed by atoms with Crippen LogP contribution >= 0.6 is 11.6 Å². The van der Waals surface area contributed by atoms with Gasteiger partial charge in [0.1, 0.15) is 0 Å². The Labute approximate surface area is 233 Å². The van der Waals surface area contributed by atoms with Gasteiger partial charge >= 0.3 is 5.97 Å². The van der Waals surface area contributed by atoms with Crippen LogP contribution in [-0.4, -0.2) is 63.9 Å². The van der Waals surface area contributed by atoms with E-state index in [4.69, 9.17) is 21.4 Å². The van der Waals surface area contributed by atoms with E-state index < -0.39 is 17.3 Å². The molecule has 39 heavy (non-hydrogen) atoms. The molecule has 2 fully saturated rings. The lowest BCUT2D eigenvalue weighted by Gasteiger charge is -2.44. The van der Waals surface area contributed by atoms with Crippen LogP contribution in [0.4, 0.5) is 0 Å². The summed E-state index contributed by atoms with van der Waals surface area (Å²) >= 11 is 6.63. The van der Waals surface area contributed by atoms with Crippen molar-refractivity contribution in [1.82, 2.24) is 14.7 Å². The van der Waals surface area contributed by atoms with Gasteiger partial charge in [-0.3, -0.25) is 14.4 Å². The molecule has 206 valence electrons. The van der Waals surface area contributed by atoms with Crippen LogP contribution in [0.25, 0.3) is 5.57 Å². The maximum atomic E-state index is 14.2. The molecular weight excluding hydrogens is 518 g/mol. The van der Waals surface area contributed by atoms with Crippen LogP contribution < -0.4 is 0 Å². The van der Waals surface area contributed by atoms with Crippen molar-refractivity contribution in [2.24, 2.45) is 11.3 Å². The number of benzene rings is 1. The first-order valence-electron chi connectivity index (χ1n) is 13.9. The largest absolute Gasteiger partial charge is 0.481 e. The molecule has 1 aromatic carbocycles. The number of carbonyl (C=O) groups excluding carboxylic acids is 2. The zero-order valence-electron chi connectivity index (χ0n) is 22.4. The smallest absolute Gasteiger partial charge is 0.306 e. The molecule has 2 unspecified atom stereocenters. The molecule has 1 saturated heterocycles. The summed E-state index contributed by atoms with van der Waals surface area (Å²) in [6.45, 7) is 3.16.